The van der Waals surface area contributed by atoms with Crippen LogP contribution in [0.1, 0.15) is 33.3 Å². The van der Waals surface area contributed by atoms with Crippen LogP contribution in [0.3, 0.4) is 0 Å². The fourth-order valence-electron chi connectivity index (χ4n) is 2.18. The molecule has 2 aromatic carbocycles. The van der Waals surface area contributed by atoms with E-state index in [-0.39, 0.29) is 10.3 Å². The molecule has 146 valence electrons. The summed E-state index contributed by atoms with van der Waals surface area (Å²) in [5.41, 5.74) is 3.01. The van der Waals surface area contributed by atoms with Gasteiger partial charge in [-0.1, -0.05) is 32.9 Å². The first kappa shape index (κ1) is 20.9. The summed E-state index contributed by atoms with van der Waals surface area (Å²) in [6.07, 6.45) is -0.985. The predicted octanol–water partition coefficient (Wildman–Crippen LogP) is 2.90. The molecule has 0 bridgehead atoms. The fraction of sp³-hybridized carbons (Fsp3) is 0.316. The first-order chi connectivity index (χ1) is 12.5. The van der Waals surface area contributed by atoms with Crippen molar-refractivity contribution in [1.29, 1.82) is 0 Å². The highest BCUT2D eigenvalue weighted by atomic mass is 32.2. The molecule has 0 heterocycles. The van der Waals surface area contributed by atoms with E-state index < -0.39 is 27.9 Å². The van der Waals surface area contributed by atoms with Gasteiger partial charge in [0, 0.05) is 0 Å². The number of hydrogen-bond donors (Lipinski definition) is 2. The molecular formula is C19H23FN2O4S. The number of amides is 1. The zero-order valence-corrected chi connectivity index (χ0v) is 16.4. The molecule has 2 rings (SSSR count). The van der Waals surface area contributed by atoms with Crippen LogP contribution >= 0.6 is 0 Å². The molecule has 0 aliphatic heterocycles. The van der Waals surface area contributed by atoms with Crippen LogP contribution in [0.15, 0.2) is 53.4 Å². The summed E-state index contributed by atoms with van der Waals surface area (Å²) in [4.78, 5) is 14.1. The van der Waals surface area contributed by atoms with E-state index in [0.29, 0.717) is 5.75 Å². The van der Waals surface area contributed by atoms with Crippen molar-refractivity contribution in [1.82, 2.24) is 10.3 Å². The van der Waals surface area contributed by atoms with Crippen molar-refractivity contribution in [3.8, 4) is 5.75 Å². The Balaban J connectivity index is 1.97. The van der Waals surface area contributed by atoms with Crippen molar-refractivity contribution in [3.05, 3.63) is 59.9 Å². The molecule has 0 aliphatic carbocycles. The van der Waals surface area contributed by atoms with Crippen LogP contribution in [-0.4, -0.2) is 20.4 Å². The zero-order valence-electron chi connectivity index (χ0n) is 15.6. The van der Waals surface area contributed by atoms with E-state index in [1.165, 1.54) is 43.3 Å². The van der Waals surface area contributed by atoms with Gasteiger partial charge in [0.15, 0.2) is 6.10 Å². The number of hydrazine groups is 1. The van der Waals surface area contributed by atoms with Crippen LogP contribution in [0.25, 0.3) is 0 Å². The van der Waals surface area contributed by atoms with Crippen LogP contribution in [0.5, 0.6) is 5.75 Å². The number of ether oxygens (including phenoxy) is 1. The molecule has 0 radical (unpaired) electrons. The van der Waals surface area contributed by atoms with Crippen LogP contribution in [0.2, 0.25) is 0 Å². The molecule has 1 amide bonds. The second-order valence-corrected chi connectivity index (χ2v) is 8.77. The van der Waals surface area contributed by atoms with Crippen molar-refractivity contribution in [3.63, 3.8) is 0 Å². The van der Waals surface area contributed by atoms with E-state index in [9.17, 15) is 17.6 Å². The summed E-state index contributed by atoms with van der Waals surface area (Å²) in [6.45, 7) is 7.53. The molecule has 0 spiro atoms. The van der Waals surface area contributed by atoms with Crippen molar-refractivity contribution < 1.29 is 22.3 Å². The Hall–Kier alpha value is -2.45. The zero-order chi connectivity index (χ0) is 20.2. The maximum atomic E-state index is 12.9. The quantitative estimate of drug-likeness (QED) is 0.738. The minimum Gasteiger partial charge on any atom is -0.481 e. The van der Waals surface area contributed by atoms with Crippen molar-refractivity contribution >= 4 is 15.9 Å². The summed E-state index contributed by atoms with van der Waals surface area (Å²) in [6, 6.07) is 11.6. The van der Waals surface area contributed by atoms with Gasteiger partial charge in [-0.25, -0.2) is 12.8 Å². The number of carbonyl (C=O) groups is 1. The minimum absolute atomic E-state index is 0.0305. The summed E-state index contributed by atoms with van der Waals surface area (Å²) < 4.78 is 42.8. The molecule has 2 aromatic rings. The molecule has 27 heavy (non-hydrogen) atoms. The molecule has 0 unspecified atom stereocenters. The van der Waals surface area contributed by atoms with Gasteiger partial charge in [-0.05, 0) is 54.3 Å². The monoisotopic (exact) mass is 394 g/mol. The van der Waals surface area contributed by atoms with Gasteiger partial charge in [-0.2, -0.15) is 0 Å². The number of nitrogens with one attached hydrogen (secondary N) is 2. The maximum absolute atomic E-state index is 12.9. The number of benzene rings is 2. The van der Waals surface area contributed by atoms with Gasteiger partial charge in [-0.15, -0.1) is 4.83 Å². The normalized spacial score (nSPS) is 13.1. The Morgan fingerprint density at radius 2 is 1.59 bits per heavy atom. The van der Waals surface area contributed by atoms with E-state index in [1.807, 2.05) is 25.6 Å². The number of carbonyl (C=O) groups excluding carboxylic acids is 1. The lowest BCUT2D eigenvalue weighted by Gasteiger charge is -2.19. The second kappa shape index (κ2) is 8.06. The third-order valence-corrected chi connectivity index (χ3v) is 5.10. The highest BCUT2D eigenvalue weighted by molar-refractivity contribution is 7.89. The maximum Gasteiger partial charge on any atom is 0.275 e. The Morgan fingerprint density at radius 3 is 2.11 bits per heavy atom. The van der Waals surface area contributed by atoms with Gasteiger partial charge < -0.3 is 4.74 Å². The second-order valence-electron chi connectivity index (χ2n) is 7.08. The average molecular weight is 394 g/mol. The molecule has 0 saturated heterocycles. The van der Waals surface area contributed by atoms with E-state index in [4.69, 9.17) is 4.74 Å². The predicted molar refractivity (Wildman–Crippen MR) is 100 cm³/mol. The van der Waals surface area contributed by atoms with E-state index in [1.54, 1.807) is 12.1 Å². The standard InChI is InChI=1S/C19H23FN2O4S/c1-13(26-16-9-7-15(20)8-10-16)18(23)21-22-27(24,25)17-11-5-14(6-12-17)19(2,3)4/h5-13,22H,1-4H3,(H,21,23)/t13-/m1/s1. The molecule has 0 aliphatic rings. The SMILES string of the molecule is C[C@@H](Oc1ccc(F)cc1)C(=O)NNS(=O)(=O)c1ccc(C(C)(C)C)cc1. The van der Waals surface area contributed by atoms with Gasteiger partial charge in [0.25, 0.3) is 15.9 Å². The topological polar surface area (TPSA) is 84.5 Å². The minimum atomic E-state index is -3.92. The van der Waals surface area contributed by atoms with E-state index in [2.05, 4.69) is 5.43 Å². The highest BCUT2D eigenvalue weighted by Crippen LogP contribution is 2.23. The average Bonchev–Trinajstić information content (AvgIpc) is 2.61. The molecule has 0 saturated carbocycles. The molecule has 6 nitrogen and oxygen atoms in total. The molecule has 8 heteroatoms. The van der Waals surface area contributed by atoms with Gasteiger partial charge in [0.05, 0.1) is 4.90 Å². The van der Waals surface area contributed by atoms with Crippen molar-refractivity contribution in [2.75, 3.05) is 0 Å². The first-order valence-electron chi connectivity index (χ1n) is 8.33. The summed E-state index contributed by atoms with van der Waals surface area (Å²) in [5, 5.41) is 0. The van der Waals surface area contributed by atoms with Crippen molar-refractivity contribution in [2.45, 2.75) is 44.1 Å². The van der Waals surface area contributed by atoms with Gasteiger partial charge >= 0.3 is 0 Å². The van der Waals surface area contributed by atoms with Gasteiger partial charge in [-0.3, -0.25) is 10.2 Å². The van der Waals surface area contributed by atoms with Gasteiger partial charge in [0.1, 0.15) is 11.6 Å². The Labute approximate surface area is 158 Å². The molecule has 0 aromatic heterocycles. The first-order valence-corrected chi connectivity index (χ1v) is 9.82. The number of halogens is 1. The Kier molecular flexibility index (Phi) is 6.22. The number of sulfonamides is 1. The summed E-state index contributed by atoms with van der Waals surface area (Å²) in [7, 11) is -3.92. The highest BCUT2D eigenvalue weighted by Gasteiger charge is 2.20. The van der Waals surface area contributed by atoms with Crippen LogP contribution in [0, 0.1) is 5.82 Å². The van der Waals surface area contributed by atoms with Crippen LogP contribution in [0.4, 0.5) is 4.39 Å². The lowest BCUT2D eigenvalue weighted by molar-refractivity contribution is -0.127. The third kappa shape index (κ3) is 5.77. The molecule has 0 fully saturated rings. The third-order valence-electron chi connectivity index (χ3n) is 3.83. The van der Waals surface area contributed by atoms with Crippen molar-refractivity contribution in [2.24, 2.45) is 0 Å². The molecular weight excluding hydrogens is 371 g/mol. The smallest absolute Gasteiger partial charge is 0.275 e. The Bertz CT molecular complexity index is 889. The van der Waals surface area contributed by atoms with Crippen LogP contribution in [-0.2, 0) is 20.2 Å². The summed E-state index contributed by atoms with van der Waals surface area (Å²) >= 11 is 0. The van der Waals surface area contributed by atoms with Gasteiger partial charge in [0.2, 0.25) is 0 Å². The fourth-order valence-corrected chi connectivity index (χ4v) is 3.03. The number of rotatable bonds is 6. The Morgan fingerprint density at radius 1 is 1.04 bits per heavy atom. The van der Waals surface area contributed by atoms with Crippen LogP contribution < -0.4 is 15.0 Å². The van der Waals surface area contributed by atoms with E-state index in [0.717, 1.165) is 5.56 Å². The lowest BCUT2D eigenvalue weighted by Crippen LogP contribution is -2.47. The molecule has 2 N–H and O–H groups in total. The lowest BCUT2D eigenvalue weighted by atomic mass is 9.87. The summed E-state index contributed by atoms with van der Waals surface area (Å²) in [5.74, 6) is -0.821. The largest absolute Gasteiger partial charge is 0.481 e. The van der Waals surface area contributed by atoms with E-state index >= 15 is 0 Å². The molecule has 1 atom stereocenters. The number of hydrogen-bond acceptors (Lipinski definition) is 4.